The first-order valence-corrected chi connectivity index (χ1v) is 31.9. The molecule has 0 saturated carbocycles. The van der Waals surface area contributed by atoms with Crippen LogP contribution in [0.2, 0.25) is 0 Å². The van der Waals surface area contributed by atoms with Gasteiger partial charge in [-0.15, -0.1) is 0 Å². The van der Waals surface area contributed by atoms with Gasteiger partial charge in [0.2, 0.25) is 5.91 Å². The van der Waals surface area contributed by atoms with Gasteiger partial charge < -0.3 is 15.5 Å². The molecular formula is C82H85F2N5O. The zero-order chi connectivity index (χ0) is 63.3. The van der Waals surface area contributed by atoms with Gasteiger partial charge in [0.25, 0.3) is 0 Å². The number of carbonyl (C=O) groups excluding carboxylic acids is 1. The molecule has 6 nitrogen and oxygen atoms in total. The quantitative estimate of drug-likeness (QED) is 0.0771. The summed E-state index contributed by atoms with van der Waals surface area (Å²) in [7, 11) is 0. The minimum absolute atomic E-state index is 0.0985. The van der Waals surface area contributed by atoms with E-state index in [4.69, 9.17) is 5.73 Å². The van der Waals surface area contributed by atoms with Crippen molar-refractivity contribution in [2.75, 3.05) is 0 Å². The summed E-state index contributed by atoms with van der Waals surface area (Å²) in [6.45, 7) is 23.4. The topological polar surface area (TPSA) is 75.4 Å². The maximum absolute atomic E-state index is 13.5. The van der Waals surface area contributed by atoms with Crippen LogP contribution in [0, 0.1) is 24.5 Å². The fraction of sp³-hybridized carbons (Fsp3) is 0.256. The number of carbonyl (C=O) groups is 1. The van der Waals surface area contributed by atoms with Crippen LogP contribution in [-0.2, 0) is 24.3 Å². The van der Waals surface area contributed by atoms with Gasteiger partial charge in [-0.1, -0.05) is 227 Å². The Bertz CT molecular complexity index is 4000. The van der Waals surface area contributed by atoms with E-state index in [1.165, 1.54) is 85.6 Å². The van der Waals surface area contributed by atoms with E-state index in [-0.39, 0.29) is 23.5 Å². The first kappa shape index (κ1) is 63.9. The minimum atomic E-state index is -0.705. The van der Waals surface area contributed by atoms with Crippen LogP contribution in [0.25, 0.3) is 40.1 Å². The number of pyridine rings is 2. The number of nitrogens with two attached hydrogens (primary N) is 1. The zero-order valence-electron chi connectivity index (χ0n) is 53.1. The molecule has 6 aromatic carbocycles. The lowest BCUT2D eigenvalue weighted by Gasteiger charge is -2.45. The molecule has 6 heterocycles. The van der Waals surface area contributed by atoms with Gasteiger partial charge in [-0.25, -0.2) is 8.78 Å². The van der Waals surface area contributed by atoms with E-state index in [0.29, 0.717) is 43.2 Å². The predicted octanol–water partition coefficient (Wildman–Crippen LogP) is 19.9. The molecule has 1 amide bonds. The van der Waals surface area contributed by atoms with Crippen molar-refractivity contribution in [3.63, 3.8) is 0 Å². The fourth-order valence-corrected chi connectivity index (χ4v) is 13.3. The van der Waals surface area contributed by atoms with E-state index in [1.807, 2.05) is 65.7 Å². The highest BCUT2D eigenvalue weighted by atomic mass is 19.1. The largest absolute Gasteiger partial charge is 0.367 e. The van der Waals surface area contributed by atoms with Gasteiger partial charge in [0.15, 0.2) is 0 Å². The fourth-order valence-electron chi connectivity index (χ4n) is 13.3. The van der Waals surface area contributed by atoms with Crippen molar-refractivity contribution in [3.05, 3.63) is 316 Å². The molecule has 2 aromatic heterocycles. The highest BCUT2D eigenvalue weighted by molar-refractivity contribution is 5.81. The van der Waals surface area contributed by atoms with Crippen molar-refractivity contribution in [3.8, 4) is 22.4 Å². The normalized spacial score (nSPS) is 19.4. The van der Waals surface area contributed by atoms with Crippen LogP contribution in [0.1, 0.15) is 147 Å². The molecule has 2 fully saturated rings. The molecule has 8 heteroatoms. The van der Waals surface area contributed by atoms with E-state index >= 15 is 0 Å². The minimum Gasteiger partial charge on any atom is -0.367 e. The van der Waals surface area contributed by atoms with E-state index in [9.17, 15) is 13.6 Å². The van der Waals surface area contributed by atoms with E-state index in [1.54, 1.807) is 18.3 Å². The maximum Gasteiger partial charge on any atom is 0.224 e. The Balaban J connectivity index is 0.000000149. The molecule has 0 bridgehead atoms. The molecule has 4 aliphatic heterocycles. The van der Waals surface area contributed by atoms with Gasteiger partial charge in [0.1, 0.15) is 17.3 Å². The van der Waals surface area contributed by atoms with Gasteiger partial charge in [-0.3, -0.25) is 14.8 Å². The number of benzene rings is 6. The van der Waals surface area contributed by atoms with Crippen LogP contribution in [0.4, 0.5) is 8.78 Å². The van der Waals surface area contributed by atoms with Crippen LogP contribution >= 0.6 is 0 Å². The van der Waals surface area contributed by atoms with Crippen molar-refractivity contribution >= 4 is 23.6 Å². The lowest BCUT2D eigenvalue weighted by Crippen LogP contribution is -2.58. The molecule has 8 aromatic rings. The van der Waals surface area contributed by atoms with Crippen molar-refractivity contribution in [2.24, 2.45) is 11.7 Å². The summed E-state index contributed by atoms with van der Waals surface area (Å²) in [5.41, 5.74) is 26.9. The van der Waals surface area contributed by atoms with Gasteiger partial charge in [0.05, 0.1) is 11.4 Å². The SMILES string of the molecule is C=C(CC)C[C@@H](C)C(/C=C/C(C)=C/C=C(\C)c1cccc(C)c1)c1ccccc1CC.C=C1CC[C@@H]2C(/C=C/c3ccc(-c4cccc(F)c4)nc3)c3ccccc3CN12.N[C@]12CCC(=O)N1Cc1ccccc1C2/C=C/c1ccc(-c2cccc(F)c2)cn1. The molecule has 0 aliphatic carbocycles. The molecule has 0 radical (unpaired) electrons. The molecular weight excluding hydrogens is 1110 g/mol. The Morgan fingerprint density at radius 1 is 0.733 bits per heavy atom. The smallest absolute Gasteiger partial charge is 0.224 e. The number of rotatable bonds is 16. The van der Waals surface area contributed by atoms with Crippen molar-refractivity contribution in [1.29, 1.82) is 0 Å². The first-order chi connectivity index (χ1) is 43.6. The van der Waals surface area contributed by atoms with E-state index < -0.39 is 5.66 Å². The summed E-state index contributed by atoms with van der Waals surface area (Å²) in [4.78, 5) is 25.8. The number of halogens is 2. The van der Waals surface area contributed by atoms with Crippen LogP contribution in [-0.4, -0.2) is 37.4 Å². The van der Waals surface area contributed by atoms with Crippen LogP contribution in [0.5, 0.6) is 0 Å². The molecule has 3 unspecified atom stereocenters. The Morgan fingerprint density at radius 3 is 2.16 bits per heavy atom. The first-order valence-electron chi connectivity index (χ1n) is 31.9. The van der Waals surface area contributed by atoms with Gasteiger partial charge in [-0.05, 0) is 163 Å². The average molecular weight is 1190 g/mol. The predicted molar refractivity (Wildman–Crippen MR) is 370 cm³/mol. The van der Waals surface area contributed by atoms with Crippen molar-refractivity contribution < 1.29 is 13.6 Å². The average Bonchev–Trinajstić information content (AvgIpc) is 1.53. The second kappa shape index (κ2) is 29.5. The highest BCUT2D eigenvalue weighted by Crippen LogP contribution is 2.46. The van der Waals surface area contributed by atoms with Gasteiger partial charge >= 0.3 is 0 Å². The number of aryl methyl sites for hydroxylation is 2. The third-order valence-corrected chi connectivity index (χ3v) is 18.5. The second-order valence-corrected chi connectivity index (χ2v) is 24.7. The van der Waals surface area contributed by atoms with Crippen molar-refractivity contribution in [2.45, 2.75) is 129 Å². The number of allylic oxidation sites excluding steroid dienone is 8. The molecule has 12 rings (SSSR count). The molecule has 2 N–H and O–H groups in total. The number of aromatic nitrogens is 2. The van der Waals surface area contributed by atoms with Crippen LogP contribution < -0.4 is 5.73 Å². The lowest BCUT2D eigenvalue weighted by molar-refractivity contribution is -0.132. The lowest BCUT2D eigenvalue weighted by atomic mass is 9.78. The Labute approximate surface area is 533 Å². The maximum atomic E-state index is 13.5. The third kappa shape index (κ3) is 15.3. The standard InChI is InChI=1S/C31H40.C26H23FN2.C25H22FN3O/c1-8-23(3)21-27(7)30(31-16-11-10-14-28(31)9-2)20-18-24(4)17-19-26(6)29-15-12-13-25(5)22-29;1-18-9-14-26-24(23-8-3-2-5-21(23)17-29(18)26)12-10-19-11-13-25(28-16-19)20-6-4-7-22(27)15-20;26-20-6-3-5-17(14-20)18-8-9-21(28-15-18)10-11-23-22-7-2-1-4-19(22)16-29-24(30)12-13-25(23,29)27/h10-20,22,27,30H,3,8-9,21H2,1-2,4-7H3;2-8,10-13,15-16,24,26H,1,9,14,17H2;1-11,14-15,23H,12-13,16,27H2/b20-18+,24-17+,26-19+;12-10+;11-10+/t27-,30?;24?,26-;23?,25-/m111/s1. The Kier molecular flexibility index (Phi) is 20.9. The van der Waals surface area contributed by atoms with Gasteiger partial charge in [-0.2, -0.15) is 0 Å². The summed E-state index contributed by atoms with van der Waals surface area (Å²) in [6, 6.07) is 55.8. The molecule has 0 spiro atoms. The molecule has 458 valence electrons. The highest BCUT2D eigenvalue weighted by Gasteiger charge is 2.50. The van der Waals surface area contributed by atoms with Crippen molar-refractivity contribution in [1.82, 2.24) is 19.8 Å². The summed E-state index contributed by atoms with van der Waals surface area (Å²) >= 11 is 0. The number of hydrogen-bond acceptors (Lipinski definition) is 5. The summed E-state index contributed by atoms with van der Waals surface area (Å²) in [5, 5.41) is 0. The summed E-state index contributed by atoms with van der Waals surface area (Å²) < 4.78 is 26.9. The zero-order valence-corrected chi connectivity index (χ0v) is 53.1. The number of hydrogen-bond donors (Lipinski definition) is 1. The van der Waals surface area contributed by atoms with E-state index in [0.717, 1.165) is 77.9 Å². The Morgan fingerprint density at radius 2 is 1.44 bits per heavy atom. The molecule has 2 saturated heterocycles. The molecule has 90 heavy (non-hydrogen) atoms. The number of nitrogens with zero attached hydrogens (tertiary/aromatic N) is 4. The Hall–Kier alpha value is -9.11. The second-order valence-electron chi connectivity index (χ2n) is 24.7. The van der Waals surface area contributed by atoms with E-state index in [2.05, 4.69) is 197 Å². The number of fused-ring (bicyclic) bond motifs is 4. The summed E-state index contributed by atoms with van der Waals surface area (Å²) in [6.07, 6.45) is 27.8. The van der Waals surface area contributed by atoms with Crippen LogP contribution in [0.15, 0.2) is 249 Å². The van der Waals surface area contributed by atoms with Gasteiger partial charge in [0, 0.05) is 72.5 Å². The van der Waals surface area contributed by atoms with Crippen LogP contribution in [0.3, 0.4) is 0 Å². The molecule has 4 aliphatic rings. The monoisotopic (exact) mass is 1190 g/mol. The number of amides is 1. The third-order valence-electron chi connectivity index (χ3n) is 18.5. The molecule has 6 atom stereocenters. The summed E-state index contributed by atoms with van der Waals surface area (Å²) in [5.74, 6) is 0.769.